The standard InChI is InChI=1S/C21H36N4O3.HI/c1-9-22-19(26)21(4,5)14-24-20(23-10-2)25(6)13-16-12-18(28-8)17(27-7)11-15(16)3;/h11-12H,9-10,13-14H2,1-8H3,(H,22,26)(H,23,24);1H. The zero-order chi connectivity index (χ0) is 21.3. The van der Waals surface area contributed by atoms with Gasteiger partial charge >= 0.3 is 0 Å². The Morgan fingerprint density at radius 3 is 2.17 bits per heavy atom. The quantitative estimate of drug-likeness (QED) is 0.297. The number of carbonyl (C=O) groups excluding carboxylic acids is 1. The van der Waals surface area contributed by atoms with E-state index >= 15 is 0 Å². The molecule has 0 unspecified atom stereocenters. The minimum absolute atomic E-state index is 0. The molecule has 8 heteroatoms. The third kappa shape index (κ3) is 7.91. The first-order valence-electron chi connectivity index (χ1n) is 9.69. The number of rotatable bonds is 9. The SMILES string of the molecule is CCNC(=O)C(C)(C)CN=C(NCC)N(C)Cc1cc(OC)c(OC)cc1C.I. The molecule has 29 heavy (non-hydrogen) atoms. The molecule has 0 aliphatic carbocycles. The fraction of sp³-hybridized carbons (Fsp3) is 0.619. The summed E-state index contributed by atoms with van der Waals surface area (Å²) in [5.41, 5.74) is 1.66. The van der Waals surface area contributed by atoms with Gasteiger partial charge in [-0.1, -0.05) is 0 Å². The summed E-state index contributed by atoms with van der Waals surface area (Å²) in [7, 11) is 5.25. The second-order valence-corrected chi connectivity index (χ2v) is 7.40. The van der Waals surface area contributed by atoms with Crippen LogP contribution in [-0.4, -0.2) is 57.7 Å². The summed E-state index contributed by atoms with van der Waals surface area (Å²) in [4.78, 5) is 19.0. The molecule has 2 N–H and O–H groups in total. The van der Waals surface area contributed by atoms with Crippen molar-refractivity contribution in [2.75, 3.05) is 40.9 Å². The van der Waals surface area contributed by atoms with Gasteiger partial charge in [0, 0.05) is 26.7 Å². The molecule has 1 rings (SSSR count). The van der Waals surface area contributed by atoms with Crippen LogP contribution in [0, 0.1) is 12.3 Å². The highest BCUT2D eigenvalue weighted by atomic mass is 127. The van der Waals surface area contributed by atoms with Gasteiger partial charge in [-0.05, 0) is 57.9 Å². The highest BCUT2D eigenvalue weighted by Gasteiger charge is 2.27. The number of hydrogen-bond acceptors (Lipinski definition) is 4. The zero-order valence-corrected chi connectivity index (χ0v) is 21.3. The molecule has 0 heterocycles. The lowest BCUT2D eigenvalue weighted by atomic mass is 9.92. The minimum Gasteiger partial charge on any atom is -0.493 e. The lowest BCUT2D eigenvalue weighted by Crippen LogP contribution is -2.42. The topological polar surface area (TPSA) is 75.2 Å². The van der Waals surface area contributed by atoms with Gasteiger partial charge in [0.05, 0.1) is 26.2 Å². The van der Waals surface area contributed by atoms with Gasteiger partial charge in [-0.15, -0.1) is 24.0 Å². The third-order valence-electron chi connectivity index (χ3n) is 4.52. The van der Waals surface area contributed by atoms with E-state index in [9.17, 15) is 4.79 Å². The van der Waals surface area contributed by atoms with E-state index < -0.39 is 5.41 Å². The van der Waals surface area contributed by atoms with Gasteiger partial charge in [0.25, 0.3) is 0 Å². The van der Waals surface area contributed by atoms with Crippen molar-refractivity contribution in [3.05, 3.63) is 23.3 Å². The maximum atomic E-state index is 12.2. The smallest absolute Gasteiger partial charge is 0.227 e. The van der Waals surface area contributed by atoms with Gasteiger partial charge < -0.3 is 25.0 Å². The predicted octanol–water partition coefficient (Wildman–Crippen LogP) is 3.19. The second-order valence-electron chi connectivity index (χ2n) is 7.40. The van der Waals surface area contributed by atoms with Crippen LogP contribution in [0.15, 0.2) is 17.1 Å². The number of methoxy groups -OCH3 is 2. The van der Waals surface area contributed by atoms with Gasteiger partial charge in [0.2, 0.25) is 5.91 Å². The average molecular weight is 520 g/mol. The van der Waals surface area contributed by atoms with Crippen molar-refractivity contribution in [3.8, 4) is 11.5 Å². The molecule has 0 aliphatic rings. The molecular weight excluding hydrogens is 483 g/mol. The molecule has 1 aromatic carbocycles. The number of amides is 1. The summed E-state index contributed by atoms with van der Waals surface area (Å²) in [5, 5.41) is 6.18. The fourth-order valence-corrected chi connectivity index (χ4v) is 2.74. The molecule has 1 aromatic rings. The van der Waals surface area contributed by atoms with Crippen LogP contribution in [0.3, 0.4) is 0 Å². The summed E-state index contributed by atoms with van der Waals surface area (Å²) in [6.07, 6.45) is 0. The molecule has 1 amide bonds. The molecule has 0 fully saturated rings. The van der Waals surface area contributed by atoms with Crippen LogP contribution in [0.5, 0.6) is 11.5 Å². The normalized spacial score (nSPS) is 11.4. The highest BCUT2D eigenvalue weighted by Crippen LogP contribution is 2.30. The minimum atomic E-state index is -0.573. The lowest BCUT2D eigenvalue weighted by molar-refractivity contribution is -0.128. The molecular formula is C21H37IN4O3. The summed E-state index contributed by atoms with van der Waals surface area (Å²) < 4.78 is 10.8. The molecule has 0 saturated carbocycles. The van der Waals surface area contributed by atoms with E-state index in [1.165, 1.54) is 0 Å². The summed E-state index contributed by atoms with van der Waals surface area (Å²) in [6.45, 7) is 12.2. The first-order valence-corrected chi connectivity index (χ1v) is 9.69. The van der Waals surface area contributed by atoms with Crippen LogP contribution in [0.4, 0.5) is 0 Å². The van der Waals surface area contributed by atoms with Crippen LogP contribution in [0.2, 0.25) is 0 Å². The number of ether oxygens (including phenoxy) is 2. The summed E-state index contributed by atoms with van der Waals surface area (Å²) in [5.74, 6) is 2.19. The molecule has 0 bridgehead atoms. The number of benzene rings is 1. The van der Waals surface area contributed by atoms with E-state index in [0.717, 1.165) is 29.4 Å². The Balaban J connectivity index is 0.00000784. The van der Waals surface area contributed by atoms with E-state index in [1.54, 1.807) is 14.2 Å². The number of carbonyl (C=O) groups is 1. The van der Waals surface area contributed by atoms with Crippen LogP contribution in [0.25, 0.3) is 0 Å². The molecule has 0 aromatic heterocycles. The fourth-order valence-electron chi connectivity index (χ4n) is 2.74. The van der Waals surface area contributed by atoms with Crippen molar-refractivity contribution in [2.24, 2.45) is 10.4 Å². The van der Waals surface area contributed by atoms with E-state index in [2.05, 4.69) is 10.6 Å². The maximum absolute atomic E-state index is 12.2. The lowest BCUT2D eigenvalue weighted by Gasteiger charge is -2.26. The maximum Gasteiger partial charge on any atom is 0.227 e. The Hall–Kier alpha value is -1.71. The average Bonchev–Trinajstić information content (AvgIpc) is 2.66. The van der Waals surface area contributed by atoms with Gasteiger partial charge in [-0.25, -0.2) is 0 Å². The van der Waals surface area contributed by atoms with Crippen LogP contribution < -0.4 is 20.1 Å². The van der Waals surface area contributed by atoms with Crippen LogP contribution in [-0.2, 0) is 11.3 Å². The number of aliphatic imine (C=N–C) groups is 1. The summed E-state index contributed by atoms with van der Waals surface area (Å²) >= 11 is 0. The zero-order valence-electron chi connectivity index (χ0n) is 19.0. The Kier molecular flexibility index (Phi) is 12.0. The van der Waals surface area contributed by atoms with Crippen molar-refractivity contribution in [1.82, 2.24) is 15.5 Å². The Labute approximate surface area is 192 Å². The number of halogens is 1. The number of nitrogens with zero attached hydrogens (tertiary/aromatic N) is 2. The molecule has 0 aliphatic heterocycles. The number of hydrogen-bond donors (Lipinski definition) is 2. The van der Waals surface area contributed by atoms with E-state index in [0.29, 0.717) is 25.4 Å². The van der Waals surface area contributed by atoms with Crippen LogP contribution in [0.1, 0.15) is 38.8 Å². The first kappa shape index (κ1) is 27.3. The van der Waals surface area contributed by atoms with Crippen molar-refractivity contribution in [1.29, 1.82) is 0 Å². The van der Waals surface area contributed by atoms with Crippen molar-refractivity contribution >= 4 is 35.8 Å². The van der Waals surface area contributed by atoms with Gasteiger partial charge in [-0.2, -0.15) is 0 Å². The predicted molar refractivity (Wildman–Crippen MR) is 130 cm³/mol. The van der Waals surface area contributed by atoms with Gasteiger partial charge in [0.15, 0.2) is 17.5 Å². The Morgan fingerprint density at radius 1 is 1.10 bits per heavy atom. The molecule has 0 radical (unpaired) electrons. The van der Waals surface area contributed by atoms with Crippen molar-refractivity contribution in [3.63, 3.8) is 0 Å². The molecule has 0 spiro atoms. The monoisotopic (exact) mass is 520 g/mol. The molecule has 7 nitrogen and oxygen atoms in total. The second kappa shape index (κ2) is 12.8. The molecule has 0 atom stereocenters. The molecule has 0 saturated heterocycles. The number of aryl methyl sites for hydroxylation is 1. The molecule has 166 valence electrons. The highest BCUT2D eigenvalue weighted by molar-refractivity contribution is 14.0. The van der Waals surface area contributed by atoms with Crippen molar-refractivity contribution < 1.29 is 14.3 Å². The van der Waals surface area contributed by atoms with Gasteiger partial charge in [0.1, 0.15) is 0 Å². The largest absolute Gasteiger partial charge is 0.493 e. The first-order chi connectivity index (χ1) is 13.2. The van der Waals surface area contributed by atoms with Gasteiger partial charge in [-0.3, -0.25) is 9.79 Å². The Morgan fingerprint density at radius 2 is 1.66 bits per heavy atom. The van der Waals surface area contributed by atoms with Crippen LogP contribution >= 0.6 is 24.0 Å². The van der Waals surface area contributed by atoms with E-state index in [-0.39, 0.29) is 29.9 Å². The Bertz CT molecular complexity index is 693. The number of guanidine groups is 1. The van der Waals surface area contributed by atoms with E-state index in [1.807, 2.05) is 58.7 Å². The van der Waals surface area contributed by atoms with E-state index in [4.69, 9.17) is 14.5 Å². The third-order valence-corrected chi connectivity index (χ3v) is 4.52. The summed E-state index contributed by atoms with van der Waals surface area (Å²) in [6, 6.07) is 3.97. The number of nitrogens with one attached hydrogen (secondary N) is 2. The van der Waals surface area contributed by atoms with Crippen molar-refractivity contribution in [2.45, 2.75) is 41.2 Å².